The number of aromatic nitrogens is 1. The number of rotatable bonds is 8. The second-order valence-corrected chi connectivity index (χ2v) is 18.4. The van der Waals surface area contributed by atoms with Crippen molar-refractivity contribution < 1.29 is 37.1 Å². The van der Waals surface area contributed by atoms with Crippen LogP contribution in [0.2, 0.25) is 0 Å². The van der Waals surface area contributed by atoms with Crippen molar-refractivity contribution in [1.82, 2.24) is 30.6 Å². The summed E-state index contributed by atoms with van der Waals surface area (Å²) in [6.45, 7) is 9.66. The van der Waals surface area contributed by atoms with Crippen molar-refractivity contribution in [2.24, 2.45) is 17.8 Å². The van der Waals surface area contributed by atoms with Crippen LogP contribution in [0, 0.1) is 17.8 Å². The molecule has 54 heavy (non-hydrogen) atoms. The SMILES string of the molecule is CCC1CC(C)CCC=CC2CC2(C(=O)NS(=O)(=O)C2CC2)NC(=O)C2CC(Oc3nccc4c(OC)cccc34)CN2C(=O)C1NC(=O)NC(C)(C)C. The van der Waals surface area contributed by atoms with Gasteiger partial charge in [-0.3, -0.25) is 19.1 Å². The Morgan fingerprint density at radius 2 is 1.85 bits per heavy atom. The van der Waals surface area contributed by atoms with Crippen LogP contribution in [0.15, 0.2) is 42.6 Å². The Kier molecular flexibility index (Phi) is 11.2. The zero-order chi connectivity index (χ0) is 39.0. The van der Waals surface area contributed by atoms with Crippen molar-refractivity contribution in [3.63, 3.8) is 0 Å². The first-order valence-corrected chi connectivity index (χ1v) is 20.6. The van der Waals surface area contributed by atoms with Gasteiger partial charge in [-0.25, -0.2) is 18.2 Å². The number of nitrogens with one attached hydrogen (secondary N) is 4. The van der Waals surface area contributed by atoms with Crippen LogP contribution in [0.5, 0.6) is 11.6 Å². The zero-order valence-corrected chi connectivity index (χ0v) is 32.8. The predicted molar refractivity (Wildman–Crippen MR) is 203 cm³/mol. The molecule has 2 aliphatic carbocycles. The molecule has 2 aliphatic heterocycles. The second-order valence-electron chi connectivity index (χ2n) is 16.4. The number of pyridine rings is 1. The monoisotopic (exact) mass is 766 g/mol. The second kappa shape index (κ2) is 15.4. The number of nitrogens with zero attached hydrogens (tertiary/aromatic N) is 2. The van der Waals surface area contributed by atoms with E-state index in [0.29, 0.717) is 49.1 Å². The molecule has 15 heteroatoms. The van der Waals surface area contributed by atoms with Gasteiger partial charge >= 0.3 is 6.03 Å². The lowest BCUT2D eigenvalue weighted by Crippen LogP contribution is -2.60. The number of fused-ring (bicyclic) bond motifs is 3. The fraction of sp³-hybridized carbons (Fsp3) is 0.615. The first-order valence-electron chi connectivity index (χ1n) is 19.1. The summed E-state index contributed by atoms with van der Waals surface area (Å²) in [6, 6.07) is 4.76. The van der Waals surface area contributed by atoms with Crippen LogP contribution in [0.3, 0.4) is 0 Å². The molecule has 4 aliphatic rings. The third-order valence-electron chi connectivity index (χ3n) is 11.0. The Bertz CT molecular complexity index is 1910. The largest absolute Gasteiger partial charge is 0.496 e. The molecule has 14 nitrogen and oxygen atoms in total. The number of hydrogen-bond donors (Lipinski definition) is 4. The van der Waals surface area contributed by atoms with Crippen LogP contribution in [-0.2, 0) is 24.4 Å². The van der Waals surface area contributed by atoms with Crippen molar-refractivity contribution >= 4 is 44.5 Å². The molecular formula is C39H54N6O8S. The molecule has 7 atom stereocenters. The van der Waals surface area contributed by atoms with E-state index in [1.165, 1.54) is 4.90 Å². The fourth-order valence-corrected chi connectivity index (χ4v) is 9.18. The molecule has 3 heterocycles. The molecule has 1 aromatic carbocycles. The lowest BCUT2D eigenvalue weighted by Gasteiger charge is -2.34. The number of amides is 5. The Morgan fingerprint density at radius 1 is 1.09 bits per heavy atom. The average molecular weight is 767 g/mol. The van der Waals surface area contributed by atoms with Gasteiger partial charge in [-0.2, -0.15) is 0 Å². The minimum absolute atomic E-state index is 0.00258. The summed E-state index contributed by atoms with van der Waals surface area (Å²) in [5, 5.41) is 9.63. The maximum absolute atomic E-state index is 14.9. The van der Waals surface area contributed by atoms with E-state index in [0.717, 1.165) is 11.8 Å². The molecule has 0 bridgehead atoms. The van der Waals surface area contributed by atoms with Crippen LogP contribution in [-0.4, -0.2) is 90.2 Å². The quantitative estimate of drug-likeness (QED) is 0.289. The molecule has 7 unspecified atom stereocenters. The summed E-state index contributed by atoms with van der Waals surface area (Å²) in [7, 11) is -2.32. The molecule has 4 N–H and O–H groups in total. The Labute approximate surface area is 317 Å². The molecule has 0 spiro atoms. The summed E-state index contributed by atoms with van der Waals surface area (Å²) in [4.78, 5) is 62.5. The Morgan fingerprint density at radius 3 is 2.54 bits per heavy atom. The number of carbonyl (C=O) groups is 4. The number of urea groups is 1. The molecule has 2 aromatic rings. The van der Waals surface area contributed by atoms with E-state index in [2.05, 4.69) is 32.6 Å². The summed E-state index contributed by atoms with van der Waals surface area (Å²) >= 11 is 0. The van der Waals surface area contributed by atoms with Crippen molar-refractivity contribution in [3.05, 3.63) is 42.6 Å². The van der Waals surface area contributed by atoms with Gasteiger partial charge in [-0.15, -0.1) is 0 Å². The van der Waals surface area contributed by atoms with Crippen molar-refractivity contribution in [3.8, 4) is 11.6 Å². The van der Waals surface area contributed by atoms with Crippen LogP contribution >= 0.6 is 0 Å². The molecule has 5 amide bonds. The third-order valence-corrected chi connectivity index (χ3v) is 12.8. The van der Waals surface area contributed by atoms with Crippen LogP contribution in [0.25, 0.3) is 10.8 Å². The predicted octanol–water partition coefficient (Wildman–Crippen LogP) is 3.94. The Balaban J connectivity index is 1.36. The summed E-state index contributed by atoms with van der Waals surface area (Å²) < 4.78 is 40.0. The normalized spacial score (nSPS) is 29.2. The zero-order valence-electron chi connectivity index (χ0n) is 32.0. The van der Waals surface area contributed by atoms with Gasteiger partial charge in [-0.1, -0.05) is 38.5 Å². The lowest BCUT2D eigenvalue weighted by molar-refractivity contribution is -0.142. The van der Waals surface area contributed by atoms with Crippen molar-refractivity contribution in [2.45, 2.75) is 121 Å². The van der Waals surface area contributed by atoms with E-state index >= 15 is 0 Å². The average Bonchev–Trinajstić information content (AvgIpc) is 4.04. The highest BCUT2D eigenvalue weighted by molar-refractivity contribution is 7.91. The number of allylic oxidation sites excluding steroid dienone is 1. The molecule has 6 rings (SSSR count). The topological polar surface area (TPSA) is 185 Å². The van der Waals surface area contributed by atoms with Crippen molar-refractivity contribution in [1.29, 1.82) is 0 Å². The van der Waals surface area contributed by atoms with Crippen LogP contribution in [0.4, 0.5) is 4.79 Å². The van der Waals surface area contributed by atoms with Gasteiger partial charge in [0, 0.05) is 34.8 Å². The van der Waals surface area contributed by atoms with Gasteiger partial charge in [0.2, 0.25) is 27.7 Å². The first-order chi connectivity index (χ1) is 25.5. The van der Waals surface area contributed by atoms with Gasteiger partial charge in [0.1, 0.15) is 29.5 Å². The highest BCUT2D eigenvalue weighted by Gasteiger charge is 2.62. The summed E-state index contributed by atoms with van der Waals surface area (Å²) in [6.07, 6.45) is 8.75. The minimum Gasteiger partial charge on any atom is -0.496 e. The highest BCUT2D eigenvalue weighted by atomic mass is 32.2. The molecular weight excluding hydrogens is 713 g/mol. The fourth-order valence-electron chi connectivity index (χ4n) is 7.82. The van der Waals surface area contributed by atoms with E-state index in [9.17, 15) is 27.6 Å². The van der Waals surface area contributed by atoms with Gasteiger partial charge in [0.15, 0.2) is 0 Å². The maximum atomic E-state index is 14.9. The molecule has 294 valence electrons. The third kappa shape index (κ3) is 8.61. The molecule has 3 fully saturated rings. The van der Waals surface area contributed by atoms with E-state index in [1.807, 2.05) is 64.1 Å². The number of methoxy groups -OCH3 is 1. The number of hydrogen-bond acceptors (Lipinski definition) is 9. The number of carbonyl (C=O) groups excluding carboxylic acids is 4. The van der Waals surface area contributed by atoms with Gasteiger partial charge in [0.05, 0.1) is 18.9 Å². The highest BCUT2D eigenvalue weighted by Crippen LogP contribution is 2.46. The smallest absolute Gasteiger partial charge is 0.315 e. The standard InChI is InChI=1S/C39H54N6O8S/c1-7-24-19-23(2)11-8-9-12-25-21-39(25,36(48)44-54(50,51)27-15-16-27)42-33(46)30-20-26(22-45(30)35(47)32(24)41-37(49)43-38(3,4)5)53-34-29-13-10-14-31(52-6)28(29)17-18-40-34/h9-10,12-14,17-18,23-27,30,32H,7-8,11,15-16,19-22H2,1-6H3,(H,42,46)(H,44,48)(H2,41,43,49). The summed E-state index contributed by atoms with van der Waals surface area (Å²) in [5.74, 6) is -1.38. The van der Waals surface area contributed by atoms with E-state index in [1.54, 1.807) is 13.3 Å². The van der Waals surface area contributed by atoms with E-state index in [4.69, 9.17) is 9.47 Å². The number of sulfonamides is 1. The van der Waals surface area contributed by atoms with Gasteiger partial charge < -0.3 is 30.3 Å². The van der Waals surface area contributed by atoms with Crippen LogP contribution in [0.1, 0.15) is 86.0 Å². The Hall–Kier alpha value is -4.40. The summed E-state index contributed by atoms with van der Waals surface area (Å²) in [5.41, 5.74) is -2.07. The lowest BCUT2D eigenvalue weighted by atomic mass is 9.85. The van der Waals surface area contributed by atoms with Gasteiger partial charge in [0.25, 0.3) is 5.91 Å². The number of ether oxygens (including phenoxy) is 2. The van der Waals surface area contributed by atoms with Crippen molar-refractivity contribution in [2.75, 3.05) is 13.7 Å². The van der Waals surface area contributed by atoms with E-state index in [-0.39, 0.29) is 31.2 Å². The molecule has 0 radical (unpaired) electrons. The van der Waals surface area contributed by atoms with E-state index < -0.39 is 74.2 Å². The first kappa shape index (κ1) is 39.3. The molecule has 2 saturated carbocycles. The molecule has 1 aromatic heterocycles. The molecule has 1 saturated heterocycles. The van der Waals surface area contributed by atoms with Crippen LogP contribution < -0.4 is 30.1 Å². The maximum Gasteiger partial charge on any atom is 0.315 e. The minimum atomic E-state index is -3.89. The van der Waals surface area contributed by atoms with Gasteiger partial charge in [-0.05, 0) is 89.3 Å². The number of benzene rings is 1.